The molecule has 4 nitrogen and oxygen atoms in total. The molecule has 0 aliphatic carbocycles. The van der Waals surface area contributed by atoms with Gasteiger partial charge in [0, 0.05) is 31.8 Å². The minimum absolute atomic E-state index is 0.377. The molecule has 0 unspecified atom stereocenters. The molecule has 0 amide bonds. The molecule has 0 aliphatic rings. The molecule has 20 heavy (non-hydrogen) atoms. The zero-order valence-corrected chi connectivity index (χ0v) is 12.7. The summed E-state index contributed by atoms with van der Waals surface area (Å²) in [5.74, 6) is 1.19. The molecule has 112 valence electrons. The minimum atomic E-state index is -0.521. The second-order valence-corrected chi connectivity index (χ2v) is 4.71. The summed E-state index contributed by atoms with van der Waals surface area (Å²) in [4.78, 5) is 11.3. The SMILES string of the molecule is CCCCOc1cc(OCCCOC)cc(C(=O)Cl)c1. The van der Waals surface area contributed by atoms with Crippen molar-refractivity contribution in [1.82, 2.24) is 0 Å². The summed E-state index contributed by atoms with van der Waals surface area (Å²) in [7, 11) is 1.65. The zero-order chi connectivity index (χ0) is 14.8. The molecule has 0 saturated carbocycles. The van der Waals surface area contributed by atoms with Gasteiger partial charge < -0.3 is 14.2 Å². The van der Waals surface area contributed by atoms with Crippen molar-refractivity contribution in [3.05, 3.63) is 23.8 Å². The molecule has 5 heteroatoms. The van der Waals surface area contributed by atoms with E-state index in [2.05, 4.69) is 6.92 Å². The van der Waals surface area contributed by atoms with E-state index in [-0.39, 0.29) is 0 Å². The van der Waals surface area contributed by atoms with Crippen LogP contribution in [-0.2, 0) is 4.74 Å². The Morgan fingerprint density at radius 1 is 1.05 bits per heavy atom. The highest BCUT2D eigenvalue weighted by Gasteiger charge is 2.08. The van der Waals surface area contributed by atoms with Crippen LogP contribution >= 0.6 is 11.6 Å². The van der Waals surface area contributed by atoms with Crippen molar-refractivity contribution in [2.45, 2.75) is 26.2 Å². The first-order valence-electron chi connectivity index (χ1n) is 6.76. The molecule has 0 spiro atoms. The van der Waals surface area contributed by atoms with E-state index in [0.29, 0.717) is 36.9 Å². The van der Waals surface area contributed by atoms with Crippen molar-refractivity contribution in [1.29, 1.82) is 0 Å². The third-order valence-corrected chi connectivity index (χ3v) is 2.85. The summed E-state index contributed by atoms with van der Waals surface area (Å²) in [5.41, 5.74) is 0.377. The molecule has 1 aromatic rings. The Labute approximate surface area is 125 Å². The molecule has 0 N–H and O–H groups in total. The number of carbonyl (C=O) groups excluding carboxylic acids is 1. The van der Waals surface area contributed by atoms with E-state index in [1.807, 2.05) is 0 Å². The molecule has 0 saturated heterocycles. The van der Waals surface area contributed by atoms with Gasteiger partial charge in [-0.05, 0) is 30.2 Å². The second-order valence-electron chi connectivity index (χ2n) is 4.36. The monoisotopic (exact) mass is 300 g/mol. The molecule has 0 bridgehead atoms. The molecular formula is C15H21ClO4. The number of rotatable bonds is 10. The smallest absolute Gasteiger partial charge is 0.252 e. The van der Waals surface area contributed by atoms with Gasteiger partial charge in [-0.25, -0.2) is 0 Å². The molecule has 0 atom stereocenters. The Morgan fingerprint density at radius 3 is 2.15 bits per heavy atom. The molecule has 0 heterocycles. The number of carbonyl (C=O) groups is 1. The van der Waals surface area contributed by atoms with Crippen LogP contribution in [0.25, 0.3) is 0 Å². The molecule has 0 fully saturated rings. The lowest BCUT2D eigenvalue weighted by Gasteiger charge is -2.11. The normalized spacial score (nSPS) is 10.3. The topological polar surface area (TPSA) is 44.8 Å². The Balaban J connectivity index is 2.68. The number of halogens is 1. The fourth-order valence-corrected chi connectivity index (χ4v) is 1.69. The van der Waals surface area contributed by atoms with Gasteiger partial charge in [-0.2, -0.15) is 0 Å². The summed E-state index contributed by atoms with van der Waals surface area (Å²) in [6.45, 7) is 3.85. The maximum absolute atomic E-state index is 11.3. The maximum atomic E-state index is 11.3. The number of methoxy groups -OCH3 is 1. The van der Waals surface area contributed by atoms with Gasteiger partial charge in [0.2, 0.25) is 0 Å². The van der Waals surface area contributed by atoms with E-state index < -0.39 is 5.24 Å². The Kier molecular flexibility index (Phi) is 8.07. The van der Waals surface area contributed by atoms with Crippen LogP contribution in [0.2, 0.25) is 0 Å². The average molecular weight is 301 g/mol. The molecule has 0 aliphatic heterocycles. The van der Waals surface area contributed by atoms with Crippen molar-refractivity contribution in [3.8, 4) is 11.5 Å². The lowest BCUT2D eigenvalue weighted by molar-refractivity contribution is 0.108. The van der Waals surface area contributed by atoms with Gasteiger partial charge >= 0.3 is 0 Å². The van der Waals surface area contributed by atoms with Crippen LogP contribution in [0.5, 0.6) is 11.5 Å². The number of benzene rings is 1. The van der Waals surface area contributed by atoms with Crippen LogP contribution in [0.1, 0.15) is 36.5 Å². The minimum Gasteiger partial charge on any atom is -0.493 e. The number of ether oxygens (including phenoxy) is 3. The van der Waals surface area contributed by atoms with E-state index in [1.165, 1.54) is 0 Å². The largest absolute Gasteiger partial charge is 0.493 e. The van der Waals surface area contributed by atoms with Crippen molar-refractivity contribution >= 4 is 16.8 Å². The van der Waals surface area contributed by atoms with Crippen molar-refractivity contribution < 1.29 is 19.0 Å². The number of hydrogen-bond donors (Lipinski definition) is 0. The Morgan fingerprint density at radius 2 is 1.65 bits per heavy atom. The third kappa shape index (κ3) is 6.26. The molecule has 0 radical (unpaired) electrons. The first-order chi connectivity index (χ1) is 9.67. The Bertz CT molecular complexity index is 420. The van der Waals surface area contributed by atoms with Gasteiger partial charge in [0.1, 0.15) is 11.5 Å². The van der Waals surface area contributed by atoms with Crippen molar-refractivity contribution in [2.75, 3.05) is 26.9 Å². The number of unbranched alkanes of at least 4 members (excludes halogenated alkanes) is 1. The maximum Gasteiger partial charge on any atom is 0.252 e. The fraction of sp³-hybridized carbons (Fsp3) is 0.533. The first-order valence-corrected chi connectivity index (χ1v) is 7.14. The summed E-state index contributed by atoms with van der Waals surface area (Å²) < 4.78 is 16.1. The van der Waals surface area contributed by atoms with Crippen molar-refractivity contribution in [3.63, 3.8) is 0 Å². The predicted octanol–water partition coefficient (Wildman–Crippen LogP) is 3.66. The van der Waals surface area contributed by atoms with Gasteiger partial charge in [0.25, 0.3) is 5.24 Å². The number of hydrogen-bond acceptors (Lipinski definition) is 4. The van der Waals surface area contributed by atoms with E-state index >= 15 is 0 Å². The van der Waals surface area contributed by atoms with Gasteiger partial charge in [0.05, 0.1) is 13.2 Å². The fourth-order valence-electron chi connectivity index (χ4n) is 1.58. The average Bonchev–Trinajstić information content (AvgIpc) is 2.44. The standard InChI is InChI=1S/C15H21ClO4/c1-3-4-7-19-13-9-12(15(16)17)10-14(11-13)20-8-5-6-18-2/h9-11H,3-8H2,1-2H3. The predicted molar refractivity (Wildman–Crippen MR) is 79.0 cm³/mol. The van der Waals surface area contributed by atoms with Crippen LogP contribution in [0.15, 0.2) is 18.2 Å². The van der Waals surface area contributed by atoms with Gasteiger partial charge in [-0.3, -0.25) is 4.79 Å². The van der Waals surface area contributed by atoms with E-state index in [4.69, 9.17) is 25.8 Å². The zero-order valence-electron chi connectivity index (χ0n) is 12.0. The summed E-state index contributed by atoms with van der Waals surface area (Å²) >= 11 is 5.52. The van der Waals surface area contributed by atoms with E-state index in [0.717, 1.165) is 19.3 Å². The van der Waals surface area contributed by atoms with Gasteiger partial charge in [-0.1, -0.05) is 13.3 Å². The van der Waals surface area contributed by atoms with Crippen molar-refractivity contribution in [2.24, 2.45) is 0 Å². The van der Waals surface area contributed by atoms with E-state index in [1.54, 1.807) is 25.3 Å². The quantitative estimate of drug-likeness (QED) is 0.488. The Hall–Kier alpha value is -1.26. The van der Waals surface area contributed by atoms with Crippen LogP contribution in [-0.4, -0.2) is 32.2 Å². The van der Waals surface area contributed by atoms with Crippen LogP contribution < -0.4 is 9.47 Å². The van der Waals surface area contributed by atoms with Gasteiger partial charge in [-0.15, -0.1) is 0 Å². The second kappa shape index (κ2) is 9.61. The first kappa shape index (κ1) is 16.8. The lowest BCUT2D eigenvalue weighted by atomic mass is 10.2. The highest BCUT2D eigenvalue weighted by Crippen LogP contribution is 2.24. The molecular weight excluding hydrogens is 280 g/mol. The summed E-state index contributed by atoms with van der Waals surface area (Å²) in [6.07, 6.45) is 2.79. The highest BCUT2D eigenvalue weighted by atomic mass is 35.5. The van der Waals surface area contributed by atoms with Crippen LogP contribution in [0.3, 0.4) is 0 Å². The molecule has 1 aromatic carbocycles. The lowest BCUT2D eigenvalue weighted by Crippen LogP contribution is -2.03. The summed E-state index contributed by atoms with van der Waals surface area (Å²) in [5, 5.41) is -0.521. The van der Waals surface area contributed by atoms with Gasteiger partial charge in [0.15, 0.2) is 0 Å². The highest BCUT2D eigenvalue weighted by molar-refractivity contribution is 6.67. The molecule has 0 aromatic heterocycles. The van der Waals surface area contributed by atoms with E-state index in [9.17, 15) is 4.79 Å². The molecule has 1 rings (SSSR count). The third-order valence-electron chi connectivity index (χ3n) is 2.64. The van der Waals surface area contributed by atoms with Crippen LogP contribution in [0, 0.1) is 0 Å². The summed E-state index contributed by atoms with van der Waals surface area (Å²) in [6, 6.07) is 5.02. The van der Waals surface area contributed by atoms with Crippen LogP contribution in [0.4, 0.5) is 0 Å².